The van der Waals surface area contributed by atoms with Crippen LogP contribution < -0.4 is 15.5 Å². The smallest absolute Gasteiger partial charge is 0.321 e. The maximum atomic E-state index is 12.7. The first kappa shape index (κ1) is 18.0. The molecule has 7 heteroatoms. The molecule has 0 aliphatic carbocycles. The van der Waals surface area contributed by atoms with E-state index < -0.39 is 0 Å². The minimum absolute atomic E-state index is 0. The summed E-state index contributed by atoms with van der Waals surface area (Å²) in [5.41, 5.74) is 1.97. The van der Waals surface area contributed by atoms with E-state index in [9.17, 15) is 9.59 Å². The van der Waals surface area contributed by atoms with E-state index >= 15 is 0 Å². The van der Waals surface area contributed by atoms with Crippen LogP contribution in [0.2, 0.25) is 0 Å². The van der Waals surface area contributed by atoms with Crippen LogP contribution in [0, 0.1) is 5.41 Å². The molecule has 0 saturated carbocycles. The summed E-state index contributed by atoms with van der Waals surface area (Å²) in [5, 5.41) is 6.24. The second-order valence-electron chi connectivity index (χ2n) is 7.15. The van der Waals surface area contributed by atoms with Crippen LogP contribution in [0.1, 0.15) is 29.6 Å². The van der Waals surface area contributed by atoms with Crippen LogP contribution in [0.4, 0.5) is 10.5 Å². The Balaban J connectivity index is 0.00000182. The number of carbonyl (C=O) groups excluding carboxylic acids is 2. The standard InChI is InChI=1S/C18H24N4O2.ClH/c23-16(21-10-6-18(7-11-21)5-8-19-13-18)14-1-3-15(4-2-14)22-12-9-20-17(22)24;/h1-4,19H,5-13H2,(H,20,24);1H. The second-order valence-corrected chi connectivity index (χ2v) is 7.15. The minimum atomic E-state index is -0.0689. The lowest BCUT2D eigenvalue weighted by atomic mass is 9.78. The van der Waals surface area contributed by atoms with Gasteiger partial charge in [0.2, 0.25) is 0 Å². The zero-order valence-corrected chi connectivity index (χ0v) is 15.1. The van der Waals surface area contributed by atoms with Crippen molar-refractivity contribution < 1.29 is 9.59 Å². The molecule has 4 rings (SSSR count). The number of hydrogen-bond acceptors (Lipinski definition) is 3. The van der Waals surface area contributed by atoms with Crippen molar-refractivity contribution in [3.05, 3.63) is 29.8 Å². The highest BCUT2D eigenvalue weighted by atomic mass is 35.5. The fourth-order valence-corrected chi connectivity index (χ4v) is 4.09. The van der Waals surface area contributed by atoms with Crippen LogP contribution in [0.3, 0.4) is 0 Å². The number of nitrogens with one attached hydrogen (secondary N) is 2. The summed E-state index contributed by atoms with van der Waals surface area (Å²) in [6.07, 6.45) is 3.43. The number of benzene rings is 1. The molecule has 3 amide bonds. The number of urea groups is 1. The van der Waals surface area contributed by atoms with Crippen molar-refractivity contribution in [2.24, 2.45) is 5.41 Å². The minimum Gasteiger partial charge on any atom is -0.339 e. The van der Waals surface area contributed by atoms with Gasteiger partial charge in [0.05, 0.1) is 0 Å². The number of carbonyl (C=O) groups is 2. The number of amides is 3. The summed E-state index contributed by atoms with van der Waals surface area (Å²) < 4.78 is 0. The Morgan fingerprint density at radius 3 is 2.28 bits per heavy atom. The molecule has 6 nitrogen and oxygen atoms in total. The van der Waals surface area contributed by atoms with E-state index in [0.717, 1.165) is 44.7 Å². The molecule has 2 N–H and O–H groups in total. The van der Waals surface area contributed by atoms with Gasteiger partial charge in [0.25, 0.3) is 5.91 Å². The zero-order valence-electron chi connectivity index (χ0n) is 14.3. The van der Waals surface area contributed by atoms with Gasteiger partial charge in [0, 0.05) is 44.0 Å². The van der Waals surface area contributed by atoms with Crippen molar-refractivity contribution in [1.82, 2.24) is 15.5 Å². The topological polar surface area (TPSA) is 64.7 Å². The van der Waals surface area contributed by atoms with Gasteiger partial charge in [-0.15, -0.1) is 12.4 Å². The molecule has 1 aromatic rings. The Labute approximate surface area is 154 Å². The van der Waals surface area contributed by atoms with Crippen molar-refractivity contribution in [3.8, 4) is 0 Å². The van der Waals surface area contributed by atoms with E-state index in [-0.39, 0.29) is 24.3 Å². The molecule has 136 valence electrons. The molecule has 25 heavy (non-hydrogen) atoms. The average Bonchev–Trinajstić information content (AvgIpc) is 3.25. The van der Waals surface area contributed by atoms with Gasteiger partial charge in [-0.1, -0.05) is 0 Å². The van der Waals surface area contributed by atoms with Crippen LogP contribution >= 0.6 is 12.4 Å². The Morgan fingerprint density at radius 1 is 1.00 bits per heavy atom. The molecule has 3 heterocycles. The van der Waals surface area contributed by atoms with Gasteiger partial charge in [0.15, 0.2) is 0 Å². The van der Waals surface area contributed by atoms with Gasteiger partial charge in [-0.3, -0.25) is 9.69 Å². The average molecular weight is 365 g/mol. The molecule has 0 radical (unpaired) electrons. The van der Waals surface area contributed by atoms with Gasteiger partial charge in [-0.05, 0) is 55.5 Å². The quantitative estimate of drug-likeness (QED) is 0.841. The van der Waals surface area contributed by atoms with Crippen molar-refractivity contribution in [3.63, 3.8) is 0 Å². The number of nitrogens with zero attached hydrogens (tertiary/aromatic N) is 2. The molecule has 0 unspecified atom stereocenters. The monoisotopic (exact) mass is 364 g/mol. The molecule has 0 aromatic heterocycles. The third-order valence-corrected chi connectivity index (χ3v) is 5.73. The Morgan fingerprint density at radius 2 is 1.72 bits per heavy atom. The van der Waals surface area contributed by atoms with E-state index in [0.29, 0.717) is 24.1 Å². The summed E-state index contributed by atoms with van der Waals surface area (Å²) in [6.45, 7) is 5.24. The Hall–Kier alpha value is -1.79. The van der Waals surface area contributed by atoms with Crippen LogP contribution in [0.5, 0.6) is 0 Å². The number of hydrogen-bond donors (Lipinski definition) is 2. The van der Waals surface area contributed by atoms with Crippen LogP contribution in [0.25, 0.3) is 0 Å². The molecule has 3 fully saturated rings. The lowest BCUT2D eigenvalue weighted by Crippen LogP contribution is -2.44. The first-order chi connectivity index (χ1) is 11.7. The number of halogens is 1. The fraction of sp³-hybridized carbons (Fsp3) is 0.556. The Bertz CT molecular complexity index is 633. The van der Waals surface area contributed by atoms with Crippen molar-refractivity contribution >= 4 is 30.0 Å². The highest BCUT2D eigenvalue weighted by molar-refractivity contribution is 5.97. The van der Waals surface area contributed by atoms with Gasteiger partial charge < -0.3 is 15.5 Å². The van der Waals surface area contributed by atoms with Gasteiger partial charge in [0.1, 0.15) is 0 Å². The van der Waals surface area contributed by atoms with E-state index in [1.165, 1.54) is 6.42 Å². The number of likely N-dealkylation sites (tertiary alicyclic amines) is 1. The van der Waals surface area contributed by atoms with E-state index in [1.807, 2.05) is 29.2 Å². The molecule has 3 aliphatic heterocycles. The molecular formula is C18H25ClN4O2. The summed E-state index contributed by atoms with van der Waals surface area (Å²) in [4.78, 5) is 28.1. The summed E-state index contributed by atoms with van der Waals surface area (Å²) in [7, 11) is 0. The molecule has 3 saturated heterocycles. The number of piperidine rings is 1. The summed E-state index contributed by atoms with van der Waals surface area (Å²) in [6, 6.07) is 7.34. The van der Waals surface area contributed by atoms with Crippen molar-refractivity contribution in [1.29, 1.82) is 0 Å². The third kappa shape index (κ3) is 3.46. The maximum Gasteiger partial charge on any atom is 0.321 e. The van der Waals surface area contributed by atoms with Gasteiger partial charge >= 0.3 is 6.03 Å². The van der Waals surface area contributed by atoms with E-state index in [4.69, 9.17) is 0 Å². The van der Waals surface area contributed by atoms with Gasteiger partial charge in [-0.25, -0.2) is 4.79 Å². The zero-order chi connectivity index (χ0) is 16.6. The predicted molar refractivity (Wildman–Crippen MR) is 99.5 cm³/mol. The molecule has 3 aliphatic rings. The second kappa shape index (κ2) is 7.22. The Kier molecular flexibility index (Phi) is 5.20. The predicted octanol–water partition coefficient (Wildman–Crippen LogP) is 1.85. The van der Waals surface area contributed by atoms with Crippen molar-refractivity contribution in [2.45, 2.75) is 19.3 Å². The maximum absolute atomic E-state index is 12.7. The third-order valence-electron chi connectivity index (χ3n) is 5.73. The number of anilines is 1. The first-order valence-electron chi connectivity index (χ1n) is 8.82. The normalized spacial score (nSPS) is 22.0. The van der Waals surface area contributed by atoms with Crippen molar-refractivity contribution in [2.75, 3.05) is 44.2 Å². The molecule has 1 spiro atoms. The SMILES string of the molecule is Cl.O=C(c1ccc(N2CCNC2=O)cc1)N1CCC2(CCNC2)CC1. The van der Waals surface area contributed by atoms with Crippen LogP contribution in [-0.2, 0) is 0 Å². The lowest BCUT2D eigenvalue weighted by Gasteiger charge is -2.39. The lowest BCUT2D eigenvalue weighted by molar-refractivity contribution is 0.0607. The van der Waals surface area contributed by atoms with Gasteiger partial charge in [-0.2, -0.15) is 0 Å². The summed E-state index contributed by atoms with van der Waals surface area (Å²) in [5.74, 6) is 0.105. The fourth-order valence-electron chi connectivity index (χ4n) is 4.09. The molecule has 0 atom stereocenters. The van der Waals surface area contributed by atoms with E-state index in [2.05, 4.69) is 10.6 Å². The highest BCUT2D eigenvalue weighted by Crippen LogP contribution is 2.37. The van der Waals surface area contributed by atoms with Crippen LogP contribution in [0.15, 0.2) is 24.3 Å². The largest absolute Gasteiger partial charge is 0.339 e. The number of rotatable bonds is 2. The van der Waals surface area contributed by atoms with E-state index in [1.54, 1.807) is 4.90 Å². The molecule has 0 bridgehead atoms. The first-order valence-corrected chi connectivity index (χ1v) is 8.82. The molecule has 1 aromatic carbocycles. The molecular weight excluding hydrogens is 340 g/mol. The summed E-state index contributed by atoms with van der Waals surface area (Å²) >= 11 is 0. The highest BCUT2D eigenvalue weighted by Gasteiger charge is 2.38. The van der Waals surface area contributed by atoms with Crippen LogP contribution in [-0.4, -0.2) is 56.1 Å².